The van der Waals surface area contributed by atoms with Crippen LogP contribution in [0.4, 0.5) is 19.0 Å². The summed E-state index contributed by atoms with van der Waals surface area (Å²) in [5.74, 6) is 0.174. The van der Waals surface area contributed by atoms with E-state index in [1.54, 1.807) is 24.4 Å². The predicted molar refractivity (Wildman–Crippen MR) is 67.1 cm³/mol. The zero-order valence-electron chi connectivity index (χ0n) is 9.90. The molecule has 3 nitrogen and oxygen atoms in total. The molecule has 0 aliphatic carbocycles. The van der Waals surface area contributed by atoms with E-state index in [4.69, 9.17) is 0 Å². The van der Waals surface area contributed by atoms with Crippen LogP contribution >= 0.6 is 11.8 Å². The van der Waals surface area contributed by atoms with Gasteiger partial charge in [-0.15, -0.1) is 0 Å². The highest BCUT2D eigenvalue weighted by Gasteiger charge is 2.31. The largest absolute Gasteiger partial charge is 0.416 e. The smallest absolute Gasteiger partial charge is 0.373 e. The SMILES string of the molecule is CNc1cc(C(F)(F)F)cc(Sc2ccccn2)n1. The third kappa shape index (κ3) is 3.60. The number of nitrogens with zero attached hydrogens (tertiary/aromatic N) is 2. The lowest BCUT2D eigenvalue weighted by atomic mass is 10.2. The van der Waals surface area contributed by atoms with Crippen molar-refractivity contribution in [3.63, 3.8) is 0 Å². The van der Waals surface area contributed by atoms with E-state index in [1.807, 2.05) is 0 Å². The van der Waals surface area contributed by atoms with Crippen LogP contribution in [0, 0.1) is 0 Å². The number of alkyl halides is 3. The lowest BCUT2D eigenvalue weighted by Gasteiger charge is -2.10. The molecule has 0 atom stereocenters. The van der Waals surface area contributed by atoms with Crippen molar-refractivity contribution < 1.29 is 13.2 Å². The van der Waals surface area contributed by atoms with Crippen LogP contribution in [0.25, 0.3) is 0 Å². The van der Waals surface area contributed by atoms with Gasteiger partial charge in [-0.3, -0.25) is 0 Å². The minimum atomic E-state index is -4.39. The van der Waals surface area contributed by atoms with Crippen molar-refractivity contribution in [3.8, 4) is 0 Å². The van der Waals surface area contributed by atoms with Gasteiger partial charge in [0.25, 0.3) is 0 Å². The molecule has 0 aliphatic heterocycles. The van der Waals surface area contributed by atoms with Crippen molar-refractivity contribution in [1.82, 2.24) is 9.97 Å². The Balaban J connectivity index is 2.35. The molecular formula is C12H10F3N3S. The Morgan fingerprint density at radius 1 is 1.16 bits per heavy atom. The van der Waals surface area contributed by atoms with E-state index in [0.29, 0.717) is 5.03 Å². The van der Waals surface area contributed by atoms with Crippen molar-refractivity contribution in [2.45, 2.75) is 16.2 Å². The molecule has 7 heteroatoms. The fourth-order valence-corrected chi connectivity index (χ4v) is 2.17. The van der Waals surface area contributed by atoms with E-state index in [0.717, 1.165) is 23.9 Å². The molecule has 0 unspecified atom stereocenters. The summed E-state index contributed by atoms with van der Waals surface area (Å²) in [6.07, 6.45) is -2.82. The van der Waals surface area contributed by atoms with Crippen LogP contribution in [-0.4, -0.2) is 17.0 Å². The molecule has 0 radical (unpaired) electrons. The fraction of sp³-hybridized carbons (Fsp3) is 0.167. The van der Waals surface area contributed by atoms with Gasteiger partial charge in [0.1, 0.15) is 15.9 Å². The summed E-state index contributed by atoms with van der Waals surface area (Å²) in [7, 11) is 1.53. The highest BCUT2D eigenvalue weighted by atomic mass is 32.2. The first-order valence-corrected chi connectivity index (χ1v) is 6.16. The first kappa shape index (κ1) is 13.7. The molecule has 0 spiro atoms. The average molecular weight is 285 g/mol. The van der Waals surface area contributed by atoms with E-state index in [-0.39, 0.29) is 10.8 Å². The average Bonchev–Trinajstić information content (AvgIpc) is 2.38. The standard InChI is InChI=1S/C12H10F3N3S/c1-16-9-6-8(12(13,14)15)7-11(18-9)19-10-4-2-3-5-17-10/h2-7H,1H3,(H,16,18). The molecule has 2 rings (SSSR count). The van der Waals surface area contributed by atoms with E-state index in [1.165, 1.54) is 7.05 Å². The molecule has 100 valence electrons. The quantitative estimate of drug-likeness (QED) is 0.933. The molecule has 0 fully saturated rings. The van der Waals surface area contributed by atoms with Crippen molar-refractivity contribution >= 4 is 17.6 Å². The van der Waals surface area contributed by atoms with Gasteiger partial charge in [-0.2, -0.15) is 13.2 Å². The molecule has 2 heterocycles. The first-order valence-electron chi connectivity index (χ1n) is 5.35. The second kappa shape index (κ2) is 5.48. The molecule has 0 bridgehead atoms. The Bertz CT molecular complexity index is 558. The van der Waals surface area contributed by atoms with Crippen LogP contribution in [0.15, 0.2) is 46.6 Å². The molecule has 0 saturated carbocycles. The number of hydrogen-bond acceptors (Lipinski definition) is 4. The maximum absolute atomic E-state index is 12.7. The van der Waals surface area contributed by atoms with Gasteiger partial charge >= 0.3 is 6.18 Å². The molecule has 0 aliphatic rings. The number of pyridine rings is 2. The minimum absolute atomic E-state index is 0.174. The summed E-state index contributed by atoms with van der Waals surface area (Å²) < 4.78 is 38.2. The summed E-state index contributed by atoms with van der Waals surface area (Å²) in [6.45, 7) is 0. The molecule has 0 amide bonds. The maximum atomic E-state index is 12.7. The summed E-state index contributed by atoms with van der Waals surface area (Å²) in [5, 5.41) is 3.46. The van der Waals surface area contributed by atoms with Gasteiger partial charge in [0.2, 0.25) is 0 Å². The van der Waals surface area contributed by atoms with Crippen molar-refractivity contribution in [3.05, 3.63) is 42.1 Å². The monoisotopic (exact) mass is 285 g/mol. The Labute approximate surface area is 112 Å². The molecular weight excluding hydrogens is 275 g/mol. The number of anilines is 1. The Morgan fingerprint density at radius 3 is 2.53 bits per heavy atom. The van der Waals surface area contributed by atoms with E-state index in [2.05, 4.69) is 15.3 Å². The van der Waals surface area contributed by atoms with Crippen LogP contribution < -0.4 is 5.32 Å². The van der Waals surface area contributed by atoms with Crippen molar-refractivity contribution in [2.24, 2.45) is 0 Å². The summed E-state index contributed by atoms with van der Waals surface area (Å²) in [5.41, 5.74) is -0.731. The van der Waals surface area contributed by atoms with Crippen LogP contribution in [0.2, 0.25) is 0 Å². The van der Waals surface area contributed by atoms with Crippen LogP contribution in [0.1, 0.15) is 5.56 Å². The highest BCUT2D eigenvalue weighted by Crippen LogP contribution is 2.34. The lowest BCUT2D eigenvalue weighted by molar-refractivity contribution is -0.137. The third-order valence-electron chi connectivity index (χ3n) is 2.23. The fourth-order valence-electron chi connectivity index (χ4n) is 1.36. The van der Waals surface area contributed by atoms with E-state index < -0.39 is 11.7 Å². The highest BCUT2D eigenvalue weighted by molar-refractivity contribution is 7.99. The van der Waals surface area contributed by atoms with Crippen LogP contribution in [0.5, 0.6) is 0 Å². The summed E-state index contributed by atoms with van der Waals surface area (Å²) >= 11 is 1.09. The lowest BCUT2D eigenvalue weighted by Crippen LogP contribution is -2.07. The Hall–Kier alpha value is -1.76. The Morgan fingerprint density at radius 2 is 1.95 bits per heavy atom. The maximum Gasteiger partial charge on any atom is 0.416 e. The summed E-state index contributed by atoms with van der Waals surface area (Å²) in [4.78, 5) is 8.12. The normalized spacial score (nSPS) is 11.4. The van der Waals surface area contributed by atoms with Crippen LogP contribution in [0.3, 0.4) is 0 Å². The number of hydrogen-bond donors (Lipinski definition) is 1. The van der Waals surface area contributed by atoms with Gasteiger partial charge in [0.15, 0.2) is 0 Å². The summed E-state index contributed by atoms with van der Waals surface area (Å²) in [6, 6.07) is 7.21. The zero-order valence-corrected chi connectivity index (χ0v) is 10.7. The van der Waals surface area contributed by atoms with Gasteiger partial charge in [0.05, 0.1) is 5.56 Å². The molecule has 2 aromatic rings. The van der Waals surface area contributed by atoms with Gasteiger partial charge < -0.3 is 5.32 Å². The number of aromatic nitrogens is 2. The second-order valence-electron chi connectivity index (χ2n) is 3.60. The molecule has 0 saturated heterocycles. The van der Waals surface area contributed by atoms with Gasteiger partial charge in [-0.1, -0.05) is 17.8 Å². The number of nitrogens with one attached hydrogen (secondary N) is 1. The van der Waals surface area contributed by atoms with Crippen molar-refractivity contribution in [1.29, 1.82) is 0 Å². The van der Waals surface area contributed by atoms with Gasteiger partial charge in [-0.05, 0) is 24.3 Å². The first-order chi connectivity index (χ1) is 8.99. The molecule has 19 heavy (non-hydrogen) atoms. The van der Waals surface area contributed by atoms with E-state index in [9.17, 15) is 13.2 Å². The molecule has 0 aromatic carbocycles. The van der Waals surface area contributed by atoms with Crippen LogP contribution in [-0.2, 0) is 6.18 Å². The third-order valence-corrected chi connectivity index (χ3v) is 3.10. The zero-order chi connectivity index (χ0) is 13.9. The van der Waals surface area contributed by atoms with E-state index >= 15 is 0 Å². The van der Waals surface area contributed by atoms with Gasteiger partial charge in [-0.25, -0.2) is 9.97 Å². The second-order valence-corrected chi connectivity index (χ2v) is 4.64. The molecule has 1 N–H and O–H groups in total. The number of rotatable bonds is 3. The minimum Gasteiger partial charge on any atom is -0.373 e. The van der Waals surface area contributed by atoms with Gasteiger partial charge in [0, 0.05) is 13.2 Å². The Kier molecular flexibility index (Phi) is 3.94. The topological polar surface area (TPSA) is 37.8 Å². The number of halogens is 3. The van der Waals surface area contributed by atoms with Crippen molar-refractivity contribution in [2.75, 3.05) is 12.4 Å². The molecule has 2 aromatic heterocycles. The predicted octanol–water partition coefficient (Wildman–Crippen LogP) is 3.69.